The van der Waals surface area contributed by atoms with Crippen molar-refractivity contribution in [3.05, 3.63) is 11.6 Å². The van der Waals surface area contributed by atoms with E-state index in [9.17, 15) is 9.90 Å². The average Bonchev–Trinajstić information content (AvgIpc) is 2.84. The number of nitrogens with zero attached hydrogens (tertiary/aromatic N) is 1. The number of hydrogen-bond donors (Lipinski definition) is 2. The Morgan fingerprint density at radius 1 is 1.15 bits per heavy atom. The maximum absolute atomic E-state index is 11.0. The highest BCUT2D eigenvalue weighted by molar-refractivity contribution is 5.96. The van der Waals surface area contributed by atoms with E-state index in [1.54, 1.807) is 0 Å². The number of allylic oxidation sites excluding steroid dienone is 2. The van der Waals surface area contributed by atoms with Crippen LogP contribution in [0, 0.1) is 28.6 Å². The largest absolute Gasteiger partial charge is 0.479 e. The van der Waals surface area contributed by atoms with E-state index < -0.39 is 11.6 Å². The Bertz CT molecular complexity index is 696. The van der Waals surface area contributed by atoms with Crippen LogP contribution in [0.3, 0.4) is 0 Å². The molecule has 27 heavy (non-hydrogen) atoms. The third kappa shape index (κ3) is 2.84. The van der Waals surface area contributed by atoms with Crippen molar-refractivity contribution in [1.29, 1.82) is 0 Å². The maximum atomic E-state index is 11.0. The van der Waals surface area contributed by atoms with Gasteiger partial charge in [0.05, 0.1) is 11.3 Å². The molecule has 0 heterocycles. The van der Waals surface area contributed by atoms with E-state index in [-0.39, 0.29) is 17.4 Å². The molecule has 3 fully saturated rings. The summed E-state index contributed by atoms with van der Waals surface area (Å²) in [5.74, 6) is 1.04. The van der Waals surface area contributed by atoms with Gasteiger partial charge in [-0.3, -0.25) is 0 Å². The maximum Gasteiger partial charge on any atom is 0.344 e. The molecule has 0 saturated heterocycles. The molecule has 4 rings (SSSR count). The highest BCUT2D eigenvalue weighted by atomic mass is 16.6. The molecular formula is C22H33NO4. The fourth-order valence-electron chi connectivity index (χ4n) is 7.06. The van der Waals surface area contributed by atoms with Crippen molar-refractivity contribution in [2.45, 2.75) is 77.7 Å². The molecule has 6 atom stereocenters. The van der Waals surface area contributed by atoms with E-state index in [0.717, 1.165) is 44.2 Å². The van der Waals surface area contributed by atoms with Crippen molar-refractivity contribution < 1.29 is 19.8 Å². The summed E-state index contributed by atoms with van der Waals surface area (Å²) < 4.78 is 0. The molecule has 150 valence electrons. The Kier molecular flexibility index (Phi) is 4.45. The molecule has 4 aliphatic carbocycles. The van der Waals surface area contributed by atoms with Crippen molar-refractivity contribution >= 4 is 11.7 Å². The summed E-state index contributed by atoms with van der Waals surface area (Å²) >= 11 is 0. The van der Waals surface area contributed by atoms with Crippen molar-refractivity contribution in [2.24, 2.45) is 33.7 Å². The molecule has 0 radical (unpaired) electrons. The predicted molar refractivity (Wildman–Crippen MR) is 103 cm³/mol. The summed E-state index contributed by atoms with van der Waals surface area (Å²) in [7, 11) is 0. The van der Waals surface area contributed by atoms with E-state index in [1.165, 1.54) is 18.4 Å². The summed E-state index contributed by atoms with van der Waals surface area (Å²) in [4.78, 5) is 15.6. The zero-order chi connectivity index (χ0) is 19.4. The van der Waals surface area contributed by atoms with Crippen LogP contribution in [0.2, 0.25) is 0 Å². The van der Waals surface area contributed by atoms with Crippen molar-refractivity contribution in [3.8, 4) is 0 Å². The molecule has 2 N–H and O–H groups in total. The molecule has 3 saturated carbocycles. The highest BCUT2D eigenvalue weighted by Crippen LogP contribution is 2.67. The number of carboxylic acids is 1. The zero-order valence-electron chi connectivity index (χ0n) is 16.8. The standard InChI is InChI=1S/C22H33NO4/c1-20-9-6-15(23-27-13-19(24)25)12-14(20)4-5-16-17(20)7-10-21(2)18(16)8-11-22(21,3)26/h12,16-18,26H,4-11,13H2,1-3H3,(H,24,25)/b23-15+. The quantitative estimate of drug-likeness (QED) is 0.726. The first-order chi connectivity index (χ1) is 12.7. The molecule has 0 aromatic heterocycles. The van der Waals surface area contributed by atoms with Gasteiger partial charge in [-0.1, -0.05) is 24.6 Å². The summed E-state index contributed by atoms with van der Waals surface area (Å²) in [6, 6.07) is 0. The number of fused-ring (bicyclic) bond motifs is 5. The Morgan fingerprint density at radius 3 is 2.63 bits per heavy atom. The lowest BCUT2D eigenvalue weighted by Gasteiger charge is -2.59. The second-order valence-corrected chi connectivity index (χ2v) is 10.0. The third-order valence-corrected chi connectivity index (χ3v) is 8.91. The minimum Gasteiger partial charge on any atom is -0.479 e. The molecule has 0 aliphatic heterocycles. The number of aliphatic hydroxyl groups is 1. The van der Waals surface area contributed by atoms with Crippen LogP contribution < -0.4 is 0 Å². The van der Waals surface area contributed by atoms with Crippen molar-refractivity contribution in [2.75, 3.05) is 6.61 Å². The van der Waals surface area contributed by atoms with Gasteiger partial charge >= 0.3 is 5.97 Å². The van der Waals surface area contributed by atoms with Gasteiger partial charge in [0.15, 0.2) is 0 Å². The van der Waals surface area contributed by atoms with E-state index in [0.29, 0.717) is 17.8 Å². The third-order valence-electron chi connectivity index (χ3n) is 8.91. The molecule has 5 heteroatoms. The lowest BCUT2D eigenvalue weighted by molar-refractivity contribution is -0.142. The number of oxime groups is 1. The normalized spacial score (nSPS) is 47.6. The van der Waals surface area contributed by atoms with Gasteiger partial charge in [-0.2, -0.15) is 0 Å². The summed E-state index contributed by atoms with van der Waals surface area (Å²) in [6.45, 7) is 6.44. The first-order valence-corrected chi connectivity index (χ1v) is 10.5. The van der Waals surface area contributed by atoms with Gasteiger partial charge in [0.1, 0.15) is 0 Å². The van der Waals surface area contributed by atoms with Gasteiger partial charge in [-0.15, -0.1) is 0 Å². The van der Waals surface area contributed by atoms with E-state index in [1.807, 2.05) is 0 Å². The molecule has 0 aromatic carbocycles. The molecular weight excluding hydrogens is 342 g/mol. The minimum absolute atomic E-state index is 0.0672. The molecule has 4 aliphatic rings. The second-order valence-electron chi connectivity index (χ2n) is 10.0. The van der Waals surface area contributed by atoms with E-state index in [4.69, 9.17) is 9.94 Å². The van der Waals surface area contributed by atoms with Gasteiger partial charge in [0.25, 0.3) is 0 Å². The van der Waals surface area contributed by atoms with Gasteiger partial charge < -0.3 is 15.1 Å². The highest BCUT2D eigenvalue weighted by Gasteiger charge is 2.62. The number of aliphatic carboxylic acids is 1. The first kappa shape index (κ1) is 19.0. The van der Waals surface area contributed by atoms with Crippen LogP contribution in [0.5, 0.6) is 0 Å². The van der Waals surface area contributed by atoms with Crippen LogP contribution in [-0.4, -0.2) is 34.1 Å². The van der Waals surface area contributed by atoms with Crippen molar-refractivity contribution in [1.82, 2.24) is 0 Å². The van der Waals surface area contributed by atoms with Gasteiger partial charge in [0, 0.05) is 0 Å². The molecule has 0 amide bonds. The van der Waals surface area contributed by atoms with E-state index in [2.05, 4.69) is 32.0 Å². The monoisotopic (exact) mass is 375 g/mol. The number of carbonyl (C=O) groups is 1. The average molecular weight is 376 g/mol. The SMILES string of the molecule is CC12CC/C(=N\OCC(=O)O)C=C1CCC1C2CCC2(C)C1CCC2(C)O. The molecule has 0 spiro atoms. The Morgan fingerprint density at radius 2 is 1.89 bits per heavy atom. The topological polar surface area (TPSA) is 79.1 Å². The molecule has 0 bridgehead atoms. The van der Waals surface area contributed by atoms with Crippen LogP contribution >= 0.6 is 0 Å². The van der Waals surface area contributed by atoms with Crippen LogP contribution in [0.25, 0.3) is 0 Å². The Balaban J connectivity index is 1.56. The van der Waals surface area contributed by atoms with Crippen LogP contribution in [0.15, 0.2) is 16.8 Å². The molecule has 5 nitrogen and oxygen atoms in total. The Labute approximate surface area is 161 Å². The summed E-state index contributed by atoms with van der Waals surface area (Å²) in [6.07, 6.45) is 10.8. The number of hydrogen-bond acceptors (Lipinski definition) is 4. The van der Waals surface area contributed by atoms with Gasteiger partial charge in [0.2, 0.25) is 6.61 Å². The van der Waals surface area contributed by atoms with Crippen LogP contribution in [0.4, 0.5) is 0 Å². The van der Waals surface area contributed by atoms with Crippen LogP contribution in [-0.2, 0) is 9.63 Å². The van der Waals surface area contributed by atoms with Gasteiger partial charge in [-0.05, 0) is 93.0 Å². The lowest BCUT2D eigenvalue weighted by Crippen LogP contribution is -2.53. The number of rotatable bonds is 3. The summed E-state index contributed by atoms with van der Waals surface area (Å²) in [5.41, 5.74) is 2.11. The summed E-state index contributed by atoms with van der Waals surface area (Å²) in [5, 5.41) is 23.8. The van der Waals surface area contributed by atoms with Crippen LogP contribution in [0.1, 0.15) is 72.1 Å². The first-order valence-electron chi connectivity index (χ1n) is 10.5. The second kappa shape index (κ2) is 6.33. The van der Waals surface area contributed by atoms with E-state index >= 15 is 0 Å². The fourth-order valence-corrected chi connectivity index (χ4v) is 7.06. The van der Waals surface area contributed by atoms with Gasteiger partial charge in [-0.25, -0.2) is 4.79 Å². The fraction of sp³-hybridized carbons (Fsp3) is 0.818. The smallest absolute Gasteiger partial charge is 0.344 e. The van der Waals surface area contributed by atoms with Crippen molar-refractivity contribution in [3.63, 3.8) is 0 Å². The zero-order valence-corrected chi connectivity index (χ0v) is 16.8. The lowest BCUT2D eigenvalue weighted by atomic mass is 9.46. The molecule has 0 aromatic rings. The Hall–Kier alpha value is -1.36. The molecule has 6 unspecified atom stereocenters. The minimum atomic E-state index is -0.995. The predicted octanol–water partition coefficient (Wildman–Crippen LogP) is 4.16. The number of carboxylic acid groups (broad SMARTS) is 1.